The van der Waals surface area contributed by atoms with Crippen molar-refractivity contribution in [2.75, 3.05) is 17.7 Å². The zero-order valence-electron chi connectivity index (χ0n) is 17.7. The summed E-state index contributed by atoms with van der Waals surface area (Å²) < 4.78 is 5.29. The molecule has 1 aromatic heterocycles. The van der Waals surface area contributed by atoms with Crippen molar-refractivity contribution in [3.63, 3.8) is 0 Å². The molecule has 1 heterocycles. The van der Waals surface area contributed by atoms with Crippen LogP contribution in [0.1, 0.15) is 13.8 Å². The van der Waals surface area contributed by atoms with Gasteiger partial charge in [-0.25, -0.2) is 9.78 Å². The van der Waals surface area contributed by atoms with Gasteiger partial charge < -0.3 is 26.4 Å². The second kappa shape index (κ2) is 10.1. The Hall–Kier alpha value is -4.07. The van der Waals surface area contributed by atoms with Crippen LogP contribution in [0.25, 0.3) is 11.1 Å². The first-order chi connectivity index (χ1) is 14.9. The van der Waals surface area contributed by atoms with Gasteiger partial charge >= 0.3 is 6.03 Å². The molecule has 0 unspecified atom stereocenters. The van der Waals surface area contributed by atoms with Gasteiger partial charge in [0.05, 0.1) is 12.8 Å². The first kappa shape index (κ1) is 21.6. The van der Waals surface area contributed by atoms with Gasteiger partial charge in [0.1, 0.15) is 5.75 Å². The van der Waals surface area contributed by atoms with Crippen molar-refractivity contribution in [3.8, 4) is 16.9 Å². The molecule has 0 saturated carbocycles. The summed E-state index contributed by atoms with van der Waals surface area (Å²) in [5, 5.41) is 8.64. The van der Waals surface area contributed by atoms with E-state index in [2.05, 4.69) is 25.9 Å². The summed E-state index contributed by atoms with van der Waals surface area (Å²) in [6.07, 6.45) is 1.71. The Balaban J connectivity index is 1.70. The third-order valence-corrected chi connectivity index (χ3v) is 4.23. The molecule has 0 atom stereocenters. The van der Waals surface area contributed by atoms with Crippen LogP contribution in [0.5, 0.6) is 5.75 Å². The molecule has 0 fully saturated rings. The number of nitrogens with one attached hydrogen (secondary N) is 3. The highest BCUT2D eigenvalue weighted by molar-refractivity contribution is 5.95. The second-order valence-corrected chi connectivity index (χ2v) is 7.06. The number of hydrogen-bond donors (Lipinski definition) is 4. The Morgan fingerprint density at radius 1 is 1.03 bits per heavy atom. The Morgan fingerprint density at radius 3 is 2.55 bits per heavy atom. The van der Waals surface area contributed by atoms with Gasteiger partial charge in [-0.15, -0.1) is 0 Å². The summed E-state index contributed by atoms with van der Waals surface area (Å²) in [6.45, 7) is 3.81. The van der Waals surface area contributed by atoms with Crippen molar-refractivity contribution in [3.05, 3.63) is 66.9 Å². The fourth-order valence-electron chi connectivity index (χ4n) is 2.87. The van der Waals surface area contributed by atoms with E-state index in [9.17, 15) is 4.79 Å². The van der Waals surface area contributed by atoms with Gasteiger partial charge in [0.25, 0.3) is 0 Å². The van der Waals surface area contributed by atoms with Crippen LogP contribution < -0.4 is 26.4 Å². The molecule has 0 aliphatic rings. The van der Waals surface area contributed by atoms with Gasteiger partial charge in [0, 0.05) is 23.5 Å². The number of carbonyl (C=O) groups is 1. The lowest BCUT2D eigenvalue weighted by Crippen LogP contribution is -2.34. The van der Waals surface area contributed by atoms with E-state index in [1.54, 1.807) is 19.4 Å². The van der Waals surface area contributed by atoms with Crippen LogP contribution in [-0.2, 0) is 0 Å². The molecule has 2 amide bonds. The van der Waals surface area contributed by atoms with Gasteiger partial charge in [-0.05, 0) is 55.8 Å². The van der Waals surface area contributed by atoms with E-state index < -0.39 is 0 Å². The van der Waals surface area contributed by atoms with Crippen molar-refractivity contribution < 1.29 is 9.53 Å². The maximum Gasteiger partial charge on any atom is 0.319 e. The Labute approximate surface area is 181 Å². The van der Waals surface area contributed by atoms with Crippen LogP contribution in [0.15, 0.2) is 71.9 Å². The van der Waals surface area contributed by atoms with Crippen LogP contribution in [0.3, 0.4) is 0 Å². The monoisotopic (exact) mass is 418 g/mol. The Morgan fingerprint density at radius 2 is 1.84 bits per heavy atom. The van der Waals surface area contributed by atoms with Crippen molar-refractivity contribution in [2.45, 2.75) is 19.9 Å². The predicted octanol–water partition coefficient (Wildman–Crippen LogP) is 4.35. The molecule has 0 bridgehead atoms. The smallest absolute Gasteiger partial charge is 0.319 e. The first-order valence-corrected chi connectivity index (χ1v) is 9.83. The molecule has 160 valence electrons. The summed E-state index contributed by atoms with van der Waals surface area (Å²) in [4.78, 5) is 20.6. The average Bonchev–Trinajstić information content (AvgIpc) is 2.74. The number of benzene rings is 2. The standard InChI is InChI=1S/C23H26N6O2/c1-15(2)26-23(30)27-18-8-6-7-16(13-18)17-11-12-21(25-14-17)29-22(24)28-19-9-4-5-10-20(19)31-3/h4-15H,1-3H3,(H2,26,27,30)(H3,24,25,28,29). The number of hydrogen-bond acceptors (Lipinski definition) is 4. The molecule has 0 aliphatic heterocycles. The number of guanidine groups is 1. The molecule has 8 nitrogen and oxygen atoms in total. The second-order valence-electron chi connectivity index (χ2n) is 7.06. The Bertz CT molecular complexity index is 1060. The summed E-state index contributed by atoms with van der Waals surface area (Å²) in [7, 11) is 1.59. The van der Waals surface area contributed by atoms with Crippen molar-refractivity contribution >= 4 is 29.2 Å². The van der Waals surface area contributed by atoms with E-state index in [1.165, 1.54) is 0 Å². The number of amides is 2. The van der Waals surface area contributed by atoms with Gasteiger partial charge in [-0.2, -0.15) is 4.99 Å². The summed E-state index contributed by atoms with van der Waals surface area (Å²) in [5.74, 6) is 1.33. The predicted molar refractivity (Wildman–Crippen MR) is 125 cm³/mol. The number of methoxy groups -OCH3 is 1. The molecule has 0 radical (unpaired) electrons. The molecule has 5 N–H and O–H groups in total. The molecule has 2 aromatic carbocycles. The zero-order chi connectivity index (χ0) is 22.2. The Kier molecular flexibility index (Phi) is 7.05. The van der Waals surface area contributed by atoms with Gasteiger partial charge in [0.2, 0.25) is 0 Å². The highest BCUT2D eigenvalue weighted by Crippen LogP contribution is 2.25. The number of carbonyl (C=O) groups excluding carboxylic acids is 1. The molecule has 3 rings (SSSR count). The zero-order valence-corrected chi connectivity index (χ0v) is 17.7. The molecule has 0 aliphatic carbocycles. The maximum absolute atomic E-state index is 11.9. The minimum atomic E-state index is -0.243. The van der Waals surface area contributed by atoms with E-state index in [4.69, 9.17) is 10.5 Å². The lowest BCUT2D eigenvalue weighted by molar-refractivity contribution is 0.250. The fraction of sp³-hybridized carbons (Fsp3) is 0.174. The van der Waals surface area contributed by atoms with Crippen LogP contribution >= 0.6 is 0 Å². The number of nitrogens with zero attached hydrogens (tertiary/aromatic N) is 2. The minimum Gasteiger partial charge on any atom is -0.495 e. The lowest BCUT2D eigenvalue weighted by atomic mass is 10.1. The lowest BCUT2D eigenvalue weighted by Gasteiger charge is -2.11. The van der Waals surface area contributed by atoms with Crippen LogP contribution in [0, 0.1) is 0 Å². The third kappa shape index (κ3) is 6.20. The summed E-state index contributed by atoms with van der Waals surface area (Å²) in [5.41, 5.74) is 9.24. The van der Waals surface area contributed by atoms with Crippen LogP contribution in [0.4, 0.5) is 22.0 Å². The number of rotatable bonds is 6. The largest absolute Gasteiger partial charge is 0.495 e. The third-order valence-electron chi connectivity index (χ3n) is 4.23. The van der Waals surface area contributed by atoms with E-state index in [-0.39, 0.29) is 18.0 Å². The van der Waals surface area contributed by atoms with Crippen LogP contribution in [-0.4, -0.2) is 30.1 Å². The molecule has 3 aromatic rings. The van der Waals surface area contributed by atoms with Crippen molar-refractivity contribution in [1.82, 2.24) is 10.3 Å². The quantitative estimate of drug-likeness (QED) is 0.351. The summed E-state index contributed by atoms with van der Waals surface area (Å²) >= 11 is 0. The summed E-state index contributed by atoms with van der Waals surface area (Å²) in [6, 6.07) is 18.5. The number of anilines is 2. The first-order valence-electron chi connectivity index (χ1n) is 9.83. The highest BCUT2D eigenvalue weighted by atomic mass is 16.5. The van der Waals surface area contributed by atoms with Gasteiger partial charge in [-0.1, -0.05) is 24.3 Å². The SMILES string of the molecule is COc1ccccc1NC(N)=Nc1ccc(-c2cccc(NC(=O)NC(C)C)c2)cn1. The van der Waals surface area contributed by atoms with Crippen LogP contribution in [0.2, 0.25) is 0 Å². The maximum atomic E-state index is 11.9. The molecule has 0 spiro atoms. The van der Waals surface area contributed by atoms with E-state index in [0.717, 1.165) is 11.1 Å². The number of nitrogens with two attached hydrogens (primary N) is 1. The number of aliphatic imine (C=N–C) groups is 1. The van der Waals surface area contributed by atoms with Crippen molar-refractivity contribution in [1.29, 1.82) is 0 Å². The topological polar surface area (TPSA) is 114 Å². The van der Waals surface area contributed by atoms with Gasteiger partial charge in [0.15, 0.2) is 11.8 Å². The number of aromatic nitrogens is 1. The highest BCUT2D eigenvalue weighted by Gasteiger charge is 2.06. The fourth-order valence-corrected chi connectivity index (χ4v) is 2.87. The normalized spacial score (nSPS) is 11.2. The molecule has 0 saturated heterocycles. The van der Waals surface area contributed by atoms with Gasteiger partial charge in [-0.3, -0.25) is 0 Å². The molecule has 8 heteroatoms. The number of urea groups is 1. The number of para-hydroxylation sites is 2. The average molecular weight is 419 g/mol. The van der Waals surface area contributed by atoms with E-state index >= 15 is 0 Å². The number of ether oxygens (including phenoxy) is 1. The molecular weight excluding hydrogens is 392 g/mol. The number of pyridine rings is 1. The molecular formula is C23H26N6O2. The minimum absolute atomic E-state index is 0.0605. The van der Waals surface area contributed by atoms with E-state index in [0.29, 0.717) is 22.9 Å². The van der Waals surface area contributed by atoms with Crippen molar-refractivity contribution in [2.24, 2.45) is 10.7 Å². The van der Waals surface area contributed by atoms with E-state index in [1.807, 2.05) is 68.4 Å². The molecule has 31 heavy (non-hydrogen) atoms.